The number of esters is 2. The molecule has 0 aromatic heterocycles. The molecule has 0 saturated carbocycles. The summed E-state index contributed by atoms with van der Waals surface area (Å²) in [5.41, 5.74) is 1.50. The minimum atomic E-state index is -1.14. The van der Waals surface area contributed by atoms with Crippen LogP contribution in [0.3, 0.4) is 0 Å². The van der Waals surface area contributed by atoms with Gasteiger partial charge in [-0.15, -0.1) is 0 Å². The molecule has 2 aromatic rings. The summed E-state index contributed by atoms with van der Waals surface area (Å²) in [5.74, 6) is -0.442. The van der Waals surface area contributed by atoms with Crippen molar-refractivity contribution in [2.45, 2.75) is 6.10 Å². The van der Waals surface area contributed by atoms with Crippen LogP contribution in [0.25, 0.3) is 12.2 Å². The number of hydrogen-bond donors (Lipinski definition) is 2. The van der Waals surface area contributed by atoms with E-state index in [1.54, 1.807) is 49.6 Å². The number of hydrogen-bond acceptors (Lipinski definition) is 7. The molecule has 1 unspecified atom stereocenters. The molecule has 0 spiro atoms. The first-order valence-corrected chi connectivity index (χ1v) is 8.77. The van der Waals surface area contributed by atoms with Gasteiger partial charge in [-0.3, -0.25) is 0 Å². The number of aromatic hydroxyl groups is 1. The number of methoxy groups -OCH3 is 1. The van der Waals surface area contributed by atoms with E-state index in [9.17, 15) is 19.8 Å². The van der Waals surface area contributed by atoms with Crippen molar-refractivity contribution >= 4 is 24.1 Å². The van der Waals surface area contributed by atoms with Gasteiger partial charge >= 0.3 is 11.9 Å². The quantitative estimate of drug-likeness (QED) is 0.494. The zero-order valence-corrected chi connectivity index (χ0v) is 15.9. The number of rotatable bonds is 9. The average molecular weight is 398 g/mol. The molecule has 29 heavy (non-hydrogen) atoms. The van der Waals surface area contributed by atoms with E-state index in [1.165, 1.54) is 30.4 Å². The van der Waals surface area contributed by atoms with Crippen LogP contribution in [0.5, 0.6) is 11.5 Å². The number of phenols is 1. The van der Waals surface area contributed by atoms with E-state index < -0.39 is 18.0 Å². The van der Waals surface area contributed by atoms with Crippen molar-refractivity contribution in [3.05, 3.63) is 71.8 Å². The maximum Gasteiger partial charge on any atom is 0.330 e. The third kappa shape index (κ3) is 8.32. The molecule has 2 rings (SSSR count). The lowest BCUT2D eigenvalue weighted by molar-refractivity contribution is -0.146. The first kappa shape index (κ1) is 21.7. The highest BCUT2D eigenvalue weighted by atomic mass is 16.6. The summed E-state index contributed by atoms with van der Waals surface area (Å²) in [6.45, 7) is -0.616. The zero-order valence-electron chi connectivity index (χ0n) is 15.9. The predicted molar refractivity (Wildman–Crippen MR) is 107 cm³/mol. The highest BCUT2D eigenvalue weighted by Gasteiger charge is 2.09. The van der Waals surface area contributed by atoms with Crippen molar-refractivity contribution in [2.75, 3.05) is 20.3 Å². The smallest absolute Gasteiger partial charge is 0.330 e. The topological polar surface area (TPSA) is 102 Å². The Hall–Kier alpha value is -3.58. The van der Waals surface area contributed by atoms with Gasteiger partial charge in [0.2, 0.25) is 0 Å². The van der Waals surface area contributed by atoms with E-state index in [4.69, 9.17) is 14.2 Å². The van der Waals surface area contributed by atoms with Crippen molar-refractivity contribution in [2.24, 2.45) is 0 Å². The van der Waals surface area contributed by atoms with Crippen LogP contribution in [0.1, 0.15) is 11.1 Å². The second kappa shape index (κ2) is 11.3. The first-order chi connectivity index (χ1) is 14.0. The fraction of sp³-hybridized carbons (Fsp3) is 0.182. The Labute approximate surface area is 168 Å². The molecule has 7 heteroatoms. The van der Waals surface area contributed by atoms with Crippen LogP contribution in [0.4, 0.5) is 0 Å². The molecule has 152 valence electrons. The Kier molecular flexibility index (Phi) is 8.47. The lowest BCUT2D eigenvalue weighted by Crippen LogP contribution is -2.24. The van der Waals surface area contributed by atoms with Crippen LogP contribution in [0.2, 0.25) is 0 Å². The summed E-state index contributed by atoms with van der Waals surface area (Å²) >= 11 is 0. The molecule has 0 saturated heterocycles. The minimum absolute atomic E-state index is 0.126. The van der Waals surface area contributed by atoms with Crippen molar-refractivity contribution in [1.29, 1.82) is 0 Å². The largest absolute Gasteiger partial charge is 0.508 e. The van der Waals surface area contributed by atoms with E-state index in [0.29, 0.717) is 11.3 Å². The van der Waals surface area contributed by atoms with Crippen molar-refractivity contribution < 1.29 is 34.0 Å². The molecule has 7 nitrogen and oxygen atoms in total. The first-order valence-electron chi connectivity index (χ1n) is 8.77. The monoisotopic (exact) mass is 398 g/mol. The van der Waals surface area contributed by atoms with E-state index in [0.717, 1.165) is 5.56 Å². The zero-order chi connectivity index (χ0) is 21.1. The summed E-state index contributed by atoms with van der Waals surface area (Å²) in [6.07, 6.45) is 4.38. The van der Waals surface area contributed by atoms with Crippen LogP contribution in [0.15, 0.2) is 60.7 Å². The van der Waals surface area contributed by atoms with Gasteiger partial charge in [0.25, 0.3) is 0 Å². The molecular formula is C22H22O7. The number of aliphatic hydroxyl groups excluding tert-OH is 1. The Morgan fingerprint density at radius 2 is 1.31 bits per heavy atom. The van der Waals surface area contributed by atoms with E-state index in [1.807, 2.05) is 0 Å². The summed E-state index contributed by atoms with van der Waals surface area (Å²) in [5, 5.41) is 19.0. The summed E-state index contributed by atoms with van der Waals surface area (Å²) in [6, 6.07) is 13.3. The van der Waals surface area contributed by atoms with Crippen molar-refractivity contribution in [3.63, 3.8) is 0 Å². The number of phenolic OH excluding ortho intramolecular Hbond substituents is 1. The molecule has 1 atom stereocenters. The molecule has 2 aromatic carbocycles. The molecule has 0 amide bonds. The minimum Gasteiger partial charge on any atom is -0.508 e. The van der Waals surface area contributed by atoms with Gasteiger partial charge in [0, 0.05) is 12.2 Å². The summed E-state index contributed by atoms with van der Waals surface area (Å²) in [7, 11) is 1.57. The summed E-state index contributed by atoms with van der Waals surface area (Å²) < 4.78 is 14.8. The lowest BCUT2D eigenvalue weighted by Gasteiger charge is -2.10. The van der Waals surface area contributed by atoms with E-state index in [-0.39, 0.29) is 19.0 Å². The third-order valence-corrected chi connectivity index (χ3v) is 3.67. The molecule has 0 bridgehead atoms. The van der Waals surface area contributed by atoms with Gasteiger partial charge in [0.15, 0.2) is 0 Å². The molecule has 0 aliphatic carbocycles. The molecular weight excluding hydrogens is 376 g/mol. The molecule has 2 N–H and O–H groups in total. The standard InChI is InChI=1S/C22H22O7/c1-27-20-10-4-17(5-11-20)7-13-22(26)29-15-19(24)14-28-21(25)12-6-16-2-8-18(23)9-3-16/h2-13,19,23-24H,14-15H2,1H3. The van der Waals surface area contributed by atoms with Crippen molar-refractivity contribution in [1.82, 2.24) is 0 Å². The SMILES string of the molecule is COc1ccc(C=CC(=O)OCC(O)COC(=O)C=Cc2ccc(O)cc2)cc1. The number of aliphatic hydroxyl groups is 1. The lowest BCUT2D eigenvalue weighted by atomic mass is 10.2. The normalized spacial score (nSPS) is 12.1. The van der Waals surface area contributed by atoms with E-state index >= 15 is 0 Å². The maximum absolute atomic E-state index is 11.7. The van der Waals surface area contributed by atoms with Crippen LogP contribution in [-0.4, -0.2) is 48.6 Å². The van der Waals surface area contributed by atoms with Gasteiger partial charge in [0.05, 0.1) is 7.11 Å². The maximum atomic E-state index is 11.7. The Morgan fingerprint density at radius 1 is 0.862 bits per heavy atom. The Morgan fingerprint density at radius 3 is 1.76 bits per heavy atom. The molecule has 0 radical (unpaired) electrons. The number of ether oxygens (including phenoxy) is 3. The van der Waals surface area contributed by atoms with Crippen LogP contribution in [-0.2, 0) is 19.1 Å². The van der Waals surface area contributed by atoms with E-state index in [2.05, 4.69) is 0 Å². The van der Waals surface area contributed by atoms with Gasteiger partial charge in [0.1, 0.15) is 30.8 Å². The van der Waals surface area contributed by atoms with Gasteiger partial charge in [-0.2, -0.15) is 0 Å². The summed E-state index contributed by atoms with van der Waals surface area (Å²) in [4.78, 5) is 23.3. The Balaban J connectivity index is 1.68. The molecule has 0 fully saturated rings. The molecule has 0 aliphatic rings. The number of carbonyl (C=O) groups excluding carboxylic acids is 2. The van der Waals surface area contributed by atoms with Crippen LogP contribution < -0.4 is 4.74 Å². The van der Waals surface area contributed by atoms with Crippen molar-refractivity contribution in [3.8, 4) is 11.5 Å². The molecule has 0 aliphatic heterocycles. The van der Waals surface area contributed by atoms with Gasteiger partial charge in [-0.05, 0) is 47.5 Å². The predicted octanol–water partition coefficient (Wildman–Crippen LogP) is 2.57. The van der Waals surface area contributed by atoms with Crippen LogP contribution in [0, 0.1) is 0 Å². The fourth-order valence-corrected chi connectivity index (χ4v) is 2.13. The molecule has 0 heterocycles. The van der Waals surface area contributed by atoms with Gasteiger partial charge in [-0.25, -0.2) is 9.59 Å². The highest BCUT2D eigenvalue weighted by Crippen LogP contribution is 2.12. The average Bonchev–Trinajstić information content (AvgIpc) is 2.74. The number of benzene rings is 2. The van der Waals surface area contributed by atoms with Gasteiger partial charge < -0.3 is 24.4 Å². The van der Waals surface area contributed by atoms with Gasteiger partial charge in [-0.1, -0.05) is 24.3 Å². The second-order valence-electron chi connectivity index (χ2n) is 5.95. The second-order valence-corrected chi connectivity index (χ2v) is 5.95. The van der Waals surface area contributed by atoms with Crippen LogP contribution >= 0.6 is 0 Å². The fourth-order valence-electron chi connectivity index (χ4n) is 2.13. The highest BCUT2D eigenvalue weighted by molar-refractivity contribution is 5.87. The third-order valence-electron chi connectivity index (χ3n) is 3.67. The number of carbonyl (C=O) groups is 2. The Bertz CT molecular complexity index is 852.